The third-order valence-corrected chi connectivity index (χ3v) is 10.9. The minimum Gasteiger partial charge on any atom is -0.393 e. The number of carbonyl (C=O) groups excluding carboxylic acids is 2. The van der Waals surface area contributed by atoms with E-state index in [1.165, 1.54) is 6.42 Å². The van der Waals surface area contributed by atoms with Crippen LogP contribution in [0.2, 0.25) is 0 Å². The van der Waals surface area contributed by atoms with E-state index >= 15 is 0 Å². The first-order valence-electron chi connectivity index (χ1n) is 13.6. The minimum absolute atomic E-state index is 0.101. The average molecular weight is 467 g/mol. The Morgan fingerprint density at radius 1 is 1.15 bits per heavy atom. The highest BCUT2D eigenvalue weighted by Crippen LogP contribution is 2.67. The lowest BCUT2D eigenvalue weighted by Crippen LogP contribution is -2.57. The normalized spacial score (nSPS) is 42.3. The standard InChI is InChI=1S/C29H42N2O3/c1-18(14-26(34)31-17-20-6-4-5-13-30-20)22-7-8-23-27-24(10-12-29(22,23)3)28(2)11-9-21(32)15-19(28)16-25(27)33/h4-6,13,18-19,21-24,27,32H,7-12,14-17H2,1-3H3,(H,31,34)/t18-,19+,21-,22?,23+,24+,27+,28+,29-/m1/s1. The first-order valence-corrected chi connectivity index (χ1v) is 13.6. The molecular formula is C29H42N2O3. The Morgan fingerprint density at radius 2 is 1.91 bits per heavy atom. The second-order valence-electron chi connectivity index (χ2n) is 12.5. The average Bonchev–Trinajstić information content (AvgIpc) is 3.17. The number of hydrogen-bond donors (Lipinski definition) is 2. The Bertz CT molecular complexity index is 919. The SMILES string of the molecule is C[C@H](CC(=O)NCc1ccccn1)C1CC[C@H]2[C@@H]3C(=O)C[C@@H]4C[C@H](O)CC[C@]4(C)[C@H]3CC[C@]12C. The van der Waals surface area contributed by atoms with Crippen molar-refractivity contribution in [3.63, 3.8) is 0 Å². The third kappa shape index (κ3) is 4.02. The van der Waals surface area contributed by atoms with Gasteiger partial charge in [0.1, 0.15) is 5.78 Å². The van der Waals surface area contributed by atoms with E-state index in [1.54, 1.807) is 6.20 Å². The van der Waals surface area contributed by atoms with Gasteiger partial charge < -0.3 is 10.4 Å². The first kappa shape index (κ1) is 24.0. The molecule has 0 aromatic carbocycles. The van der Waals surface area contributed by atoms with Gasteiger partial charge in [0.2, 0.25) is 5.91 Å². The molecule has 0 bridgehead atoms. The van der Waals surface area contributed by atoms with Crippen molar-refractivity contribution < 1.29 is 14.7 Å². The van der Waals surface area contributed by atoms with Gasteiger partial charge in [-0.2, -0.15) is 0 Å². The predicted octanol–water partition coefficient (Wildman–Crippen LogP) is 4.92. The molecule has 9 atom stereocenters. The van der Waals surface area contributed by atoms with Crippen molar-refractivity contribution >= 4 is 11.7 Å². The van der Waals surface area contributed by atoms with Gasteiger partial charge in [-0.05, 0) is 97.5 Å². The number of fused-ring (bicyclic) bond motifs is 5. The van der Waals surface area contributed by atoms with Crippen molar-refractivity contribution in [3.8, 4) is 0 Å². The van der Waals surface area contributed by atoms with E-state index in [9.17, 15) is 14.7 Å². The number of hydrogen-bond acceptors (Lipinski definition) is 4. The Hall–Kier alpha value is -1.75. The van der Waals surface area contributed by atoms with Gasteiger partial charge in [-0.3, -0.25) is 14.6 Å². The number of aromatic nitrogens is 1. The van der Waals surface area contributed by atoms with Crippen LogP contribution in [0.3, 0.4) is 0 Å². The number of aliphatic hydroxyl groups excluding tert-OH is 1. The fourth-order valence-electron chi connectivity index (χ4n) is 9.08. The molecule has 1 aromatic heterocycles. The first-order chi connectivity index (χ1) is 16.2. The highest BCUT2D eigenvalue weighted by Gasteiger charge is 2.63. The largest absolute Gasteiger partial charge is 0.393 e. The van der Waals surface area contributed by atoms with Crippen LogP contribution in [0.4, 0.5) is 0 Å². The molecule has 5 heteroatoms. The van der Waals surface area contributed by atoms with Crippen molar-refractivity contribution in [2.45, 2.75) is 91.2 Å². The number of pyridine rings is 1. The lowest BCUT2D eigenvalue weighted by Gasteiger charge is -2.60. The zero-order chi connectivity index (χ0) is 24.1. The number of amides is 1. The quantitative estimate of drug-likeness (QED) is 0.645. The highest BCUT2D eigenvalue weighted by molar-refractivity contribution is 5.83. The Labute approximate surface area is 204 Å². The lowest BCUT2D eigenvalue weighted by atomic mass is 9.44. The van der Waals surface area contributed by atoms with Crippen LogP contribution >= 0.6 is 0 Å². The van der Waals surface area contributed by atoms with Crippen LogP contribution in [-0.2, 0) is 16.1 Å². The number of Topliss-reactive ketones (excluding diaryl/α,β-unsaturated/α-hetero) is 1. The van der Waals surface area contributed by atoms with Gasteiger partial charge in [-0.1, -0.05) is 26.8 Å². The number of nitrogens with zero attached hydrogens (tertiary/aromatic N) is 1. The van der Waals surface area contributed by atoms with E-state index in [0.717, 1.165) is 44.2 Å². The van der Waals surface area contributed by atoms with Gasteiger partial charge in [0.05, 0.1) is 18.3 Å². The Balaban J connectivity index is 1.26. The molecule has 5 rings (SSSR count). The molecule has 1 heterocycles. The number of aliphatic hydroxyl groups is 1. The topological polar surface area (TPSA) is 79.3 Å². The fraction of sp³-hybridized carbons (Fsp3) is 0.759. The predicted molar refractivity (Wildman–Crippen MR) is 131 cm³/mol. The summed E-state index contributed by atoms with van der Waals surface area (Å²) in [5, 5.41) is 13.3. The van der Waals surface area contributed by atoms with Crippen LogP contribution < -0.4 is 5.32 Å². The van der Waals surface area contributed by atoms with Crippen molar-refractivity contribution in [2.24, 2.45) is 46.3 Å². The molecule has 4 saturated carbocycles. The number of ketones is 1. The van der Waals surface area contributed by atoms with Gasteiger partial charge in [0, 0.05) is 25.0 Å². The molecule has 34 heavy (non-hydrogen) atoms. The molecule has 0 aliphatic heterocycles. The second-order valence-corrected chi connectivity index (χ2v) is 12.5. The summed E-state index contributed by atoms with van der Waals surface area (Å²) in [6, 6.07) is 5.76. The van der Waals surface area contributed by atoms with Gasteiger partial charge >= 0.3 is 0 Å². The van der Waals surface area contributed by atoms with Crippen LogP contribution in [0.1, 0.15) is 84.3 Å². The smallest absolute Gasteiger partial charge is 0.220 e. The van der Waals surface area contributed by atoms with Gasteiger partial charge in [-0.25, -0.2) is 0 Å². The maximum Gasteiger partial charge on any atom is 0.220 e. The molecular weight excluding hydrogens is 424 g/mol. The lowest BCUT2D eigenvalue weighted by molar-refractivity contribution is -0.161. The van der Waals surface area contributed by atoms with Gasteiger partial charge in [-0.15, -0.1) is 0 Å². The highest BCUT2D eigenvalue weighted by atomic mass is 16.3. The van der Waals surface area contributed by atoms with E-state index < -0.39 is 0 Å². The Morgan fingerprint density at radius 3 is 2.68 bits per heavy atom. The molecule has 0 saturated heterocycles. The summed E-state index contributed by atoms with van der Waals surface area (Å²) in [6.07, 6.45) is 10.0. The maximum absolute atomic E-state index is 13.5. The monoisotopic (exact) mass is 466 g/mol. The Kier molecular flexibility index (Phi) is 6.37. The van der Waals surface area contributed by atoms with Crippen LogP contribution in [0.5, 0.6) is 0 Å². The van der Waals surface area contributed by atoms with Crippen LogP contribution in [-0.4, -0.2) is 27.9 Å². The van der Waals surface area contributed by atoms with Crippen LogP contribution in [0, 0.1) is 46.3 Å². The fourth-order valence-corrected chi connectivity index (χ4v) is 9.08. The van der Waals surface area contributed by atoms with Crippen molar-refractivity contribution in [3.05, 3.63) is 30.1 Å². The molecule has 1 amide bonds. The molecule has 0 radical (unpaired) electrons. The molecule has 1 unspecified atom stereocenters. The van der Waals surface area contributed by atoms with Gasteiger partial charge in [0.15, 0.2) is 0 Å². The van der Waals surface area contributed by atoms with Crippen molar-refractivity contribution in [1.82, 2.24) is 10.3 Å². The molecule has 0 spiro atoms. The van der Waals surface area contributed by atoms with Crippen LogP contribution in [0.15, 0.2) is 24.4 Å². The zero-order valence-corrected chi connectivity index (χ0v) is 21.1. The number of rotatable bonds is 5. The third-order valence-electron chi connectivity index (χ3n) is 10.9. The van der Waals surface area contributed by atoms with E-state index in [2.05, 4.69) is 31.1 Å². The summed E-state index contributed by atoms with van der Waals surface area (Å²) in [5.74, 6) is 2.83. The van der Waals surface area contributed by atoms with Gasteiger partial charge in [0.25, 0.3) is 0 Å². The summed E-state index contributed by atoms with van der Waals surface area (Å²) < 4.78 is 0. The minimum atomic E-state index is -0.225. The van der Waals surface area contributed by atoms with Crippen LogP contribution in [0.25, 0.3) is 0 Å². The molecule has 4 aliphatic carbocycles. The van der Waals surface area contributed by atoms with E-state index in [1.807, 2.05) is 18.2 Å². The second kappa shape index (κ2) is 9.04. The van der Waals surface area contributed by atoms with E-state index in [4.69, 9.17) is 0 Å². The summed E-state index contributed by atoms with van der Waals surface area (Å²) in [6.45, 7) is 7.58. The molecule has 186 valence electrons. The summed E-state index contributed by atoms with van der Waals surface area (Å²) in [4.78, 5) is 30.6. The molecule has 1 aromatic rings. The maximum atomic E-state index is 13.5. The summed E-state index contributed by atoms with van der Waals surface area (Å²) in [7, 11) is 0. The number of carbonyl (C=O) groups is 2. The van der Waals surface area contributed by atoms with E-state index in [0.29, 0.717) is 54.8 Å². The molecule has 2 N–H and O–H groups in total. The zero-order valence-electron chi connectivity index (χ0n) is 21.1. The van der Waals surface area contributed by atoms with Crippen molar-refractivity contribution in [2.75, 3.05) is 0 Å². The molecule has 4 fully saturated rings. The molecule has 4 aliphatic rings. The number of nitrogens with one attached hydrogen (secondary N) is 1. The van der Waals surface area contributed by atoms with E-state index in [-0.39, 0.29) is 28.8 Å². The molecule has 5 nitrogen and oxygen atoms in total. The summed E-state index contributed by atoms with van der Waals surface area (Å²) in [5.41, 5.74) is 1.23. The summed E-state index contributed by atoms with van der Waals surface area (Å²) >= 11 is 0. The van der Waals surface area contributed by atoms with Crippen molar-refractivity contribution in [1.29, 1.82) is 0 Å².